The molecule has 7 heteroatoms. The van der Waals surface area contributed by atoms with Crippen molar-refractivity contribution in [2.45, 2.75) is 45.0 Å². The van der Waals surface area contributed by atoms with Gasteiger partial charge in [-0.05, 0) is 66.3 Å². The highest BCUT2D eigenvalue weighted by molar-refractivity contribution is 6.04. The lowest BCUT2D eigenvalue weighted by Gasteiger charge is -2.25. The monoisotopic (exact) mass is 639 g/mol. The van der Waals surface area contributed by atoms with E-state index in [0.717, 1.165) is 16.7 Å². The standard InChI is InChI=1S/C41H41N3O4/c1-28(32-18-10-5-11-19-32)43-40(47)34-23-33(37-21-13-12-20-36(37)29(2)45)24-35(25-34)41(48)44-38(22-30-14-6-3-7-15-30)39(46)27-42-26-31-16-8-4-9-17-31/h3-21,23-25,28,38-39,42,46H,22,26-27H2,1-2H3,(H,43,47)(H,44,48)/t28-,38+,39-/m1/s1. The number of aliphatic hydroxyl groups is 1. The van der Waals surface area contributed by atoms with E-state index in [0.29, 0.717) is 29.7 Å². The Morgan fingerprint density at radius 1 is 0.667 bits per heavy atom. The Hall–Kier alpha value is -5.37. The van der Waals surface area contributed by atoms with Gasteiger partial charge in [-0.3, -0.25) is 14.4 Å². The van der Waals surface area contributed by atoms with E-state index >= 15 is 0 Å². The summed E-state index contributed by atoms with van der Waals surface area (Å²) in [6, 6.07) is 40.4. The second-order valence-electron chi connectivity index (χ2n) is 12.0. The molecule has 0 aliphatic rings. The number of rotatable bonds is 14. The van der Waals surface area contributed by atoms with Crippen LogP contribution in [-0.4, -0.2) is 41.4 Å². The molecule has 0 heterocycles. The number of carbonyl (C=O) groups is 3. The lowest BCUT2D eigenvalue weighted by Crippen LogP contribution is -2.48. The highest BCUT2D eigenvalue weighted by atomic mass is 16.3. The Bertz CT molecular complexity index is 1830. The van der Waals surface area contributed by atoms with Crippen LogP contribution in [0.1, 0.15) is 67.7 Å². The predicted octanol–water partition coefficient (Wildman–Crippen LogP) is 6.54. The molecule has 0 saturated carbocycles. The van der Waals surface area contributed by atoms with Gasteiger partial charge in [0.2, 0.25) is 0 Å². The summed E-state index contributed by atoms with van der Waals surface area (Å²) in [5.41, 5.74) is 5.19. The number of Topliss-reactive ketones (excluding diaryl/α,β-unsaturated/α-hetero) is 1. The van der Waals surface area contributed by atoms with Crippen LogP contribution >= 0.6 is 0 Å². The molecule has 0 aliphatic carbocycles. The first-order chi connectivity index (χ1) is 23.3. The zero-order valence-electron chi connectivity index (χ0n) is 27.2. The summed E-state index contributed by atoms with van der Waals surface area (Å²) in [6.45, 7) is 4.22. The Balaban J connectivity index is 1.44. The molecule has 0 unspecified atom stereocenters. The van der Waals surface area contributed by atoms with Gasteiger partial charge in [-0.15, -0.1) is 0 Å². The van der Waals surface area contributed by atoms with Crippen LogP contribution < -0.4 is 16.0 Å². The van der Waals surface area contributed by atoms with Crippen molar-refractivity contribution in [1.82, 2.24) is 16.0 Å². The second kappa shape index (κ2) is 16.5. The predicted molar refractivity (Wildman–Crippen MR) is 190 cm³/mol. The summed E-state index contributed by atoms with van der Waals surface area (Å²) in [4.78, 5) is 40.2. The highest BCUT2D eigenvalue weighted by Crippen LogP contribution is 2.27. The molecular formula is C41H41N3O4. The van der Waals surface area contributed by atoms with E-state index in [1.165, 1.54) is 6.92 Å². The second-order valence-corrected chi connectivity index (χ2v) is 12.0. The number of amides is 2. The van der Waals surface area contributed by atoms with Crippen molar-refractivity contribution in [3.63, 3.8) is 0 Å². The Morgan fingerprint density at radius 3 is 1.83 bits per heavy atom. The molecule has 0 bridgehead atoms. The zero-order chi connectivity index (χ0) is 33.9. The molecule has 2 amide bonds. The average molecular weight is 640 g/mol. The molecule has 5 rings (SSSR count). The first-order valence-electron chi connectivity index (χ1n) is 16.2. The lowest BCUT2D eigenvalue weighted by atomic mass is 9.93. The van der Waals surface area contributed by atoms with Crippen molar-refractivity contribution in [2.24, 2.45) is 0 Å². The smallest absolute Gasteiger partial charge is 0.251 e. The fourth-order valence-electron chi connectivity index (χ4n) is 5.70. The molecule has 5 aromatic carbocycles. The van der Waals surface area contributed by atoms with Gasteiger partial charge >= 0.3 is 0 Å². The summed E-state index contributed by atoms with van der Waals surface area (Å²) in [5, 5.41) is 20.7. The number of nitrogens with one attached hydrogen (secondary N) is 3. The first kappa shape index (κ1) is 34.0. The highest BCUT2D eigenvalue weighted by Gasteiger charge is 2.24. The van der Waals surface area contributed by atoms with E-state index in [9.17, 15) is 19.5 Å². The zero-order valence-corrected chi connectivity index (χ0v) is 27.2. The van der Waals surface area contributed by atoms with Crippen LogP contribution in [0.5, 0.6) is 0 Å². The van der Waals surface area contributed by atoms with Crippen LogP contribution in [0.2, 0.25) is 0 Å². The third kappa shape index (κ3) is 9.12. The molecule has 0 aliphatic heterocycles. The molecule has 0 aromatic heterocycles. The third-order valence-electron chi connectivity index (χ3n) is 8.33. The summed E-state index contributed by atoms with van der Waals surface area (Å²) < 4.78 is 0. The fraction of sp³-hybridized carbons (Fsp3) is 0.195. The molecule has 7 nitrogen and oxygen atoms in total. The van der Waals surface area contributed by atoms with Gasteiger partial charge in [0, 0.05) is 29.8 Å². The summed E-state index contributed by atoms with van der Waals surface area (Å²) in [6.07, 6.45) is -0.510. The van der Waals surface area contributed by atoms with Crippen LogP contribution in [0.4, 0.5) is 0 Å². The minimum absolute atomic E-state index is 0.127. The van der Waals surface area contributed by atoms with Crippen molar-refractivity contribution < 1.29 is 19.5 Å². The van der Waals surface area contributed by atoms with Crippen LogP contribution in [0.15, 0.2) is 133 Å². The maximum absolute atomic E-state index is 14.0. The van der Waals surface area contributed by atoms with E-state index in [-0.39, 0.29) is 35.4 Å². The first-order valence-corrected chi connectivity index (χ1v) is 16.2. The topological polar surface area (TPSA) is 108 Å². The van der Waals surface area contributed by atoms with Crippen molar-refractivity contribution >= 4 is 17.6 Å². The number of benzene rings is 5. The van der Waals surface area contributed by atoms with Gasteiger partial charge in [-0.1, -0.05) is 115 Å². The van der Waals surface area contributed by atoms with Crippen LogP contribution in [-0.2, 0) is 13.0 Å². The van der Waals surface area contributed by atoms with Gasteiger partial charge in [-0.25, -0.2) is 0 Å². The lowest BCUT2D eigenvalue weighted by molar-refractivity contribution is 0.0830. The van der Waals surface area contributed by atoms with Gasteiger partial charge < -0.3 is 21.1 Å². The summed E-state index contributed by atoms with van der Waals surface area (Å²) in [7, 11) is 0. The number of carbonyl (C=O) groups excluding carboxylic acids is 3. The average Bonchev–Trinajstić information content (AvgIpc) is 3.12. The summed E-state index contributed by atoms with van der Waals surface area (Å²) in [5.74, 6) is -0.919. The minimum atomic E-state index is -0.908. The van der Waals surface area contributed by atoms with Crippen LogP contribution in [0.25, 0.3) is 11.1 Å². The molecule has 0 fully saturated rings. The molecular weight excluding hydrogens is 598 g/mol. The molecule has 0 saturated heterocycles. The van der Waals surface area contributed by atoms with Crippen LogP contribution in [0, 0.1) is 0 Å². The van der Waals surface area contributed by atoms with Crippen molar-refractivity contribution in [1.29, 1.82) is 0 Å². The molecule has 0 radical (unpaired) electrons. The Kier molecular flexibility index (Phi) is 11.6. The SMILES string of the molecule is CC(=O)c1ccccc1-c1cc(C(=O)N[C@@H](Cc2ccccc2)[C@H](O)CNCc2ccccc2)cc(C(=O)N[C@H](C)c2ccccc2)c1. The molecule has 48 heavy (non-hydrogen) atoms. The van der Waals surface area contributed by atoms with Crippen molar-refractivity contribution in [2.75, 3.05) is 6.54 Å². The van der Waals surface area contributed by atoms with Gasteiger partial charge in [0.1, 0.15) is 0 Å². The van der Waals surface area contributed by atoms with Crippen molar-refractivity contribution in [3.05, 3.63) is 167 Å². The Morgan fingerprint density at radius 2 is 1.21 bits per heavy atom. The van der Waals surface area contributed by atoms with Gasteiger partial charge in [-0.2, -0.15) is 0 Å². The molecule has 5 aromatic rings. The van der Waals surface area contributed by atoms with Crippen LogP contribution in [0.3, 0.4) is 0 Å². The maximum Gasteiger partial charge on any atom is 0.251 e. The van der Waals surface area contributed by atoms with E-state index in [1.54, 1.807) is 30.3 Å². The normalized spacial score (nSPS) is 12.8. The molecule has 3 atom stereocenters. The van der Waals surface area contributed by atoms with Gasteiger partial charge in [0.05, 0.1) is 18.2 Å². The molecule has 244 valence electrons. The summed E-state index contributed by atoms with van der Waals surface area (Å²) >= 11 is 0. The number of ketones is 1. The van der Waals surface area contributed by atoms with Gasteiger partial charge in [0.25, 0.3) is 11.8 Å². The number of hydrogen-bond donors (Lipinski definition) is 4. The maximum atomic E-state index is 14.0. The molecule has 0 spiro atoms. The van der Waals surface area contributed by atoms with Gasteiger partial charge in [0.15, 0.2) is 5.78 Å². The third-order valence-corrected chi connectivity index (χ3v) is 8.33. The quantitative estimate of drug-likeness (QED) is 0.103. The van der Waals surface area contributed by atoms with E-state index in [1.807, 2.05) is 110 Å². The van der Waals surface area contributed by atoms with E-state index < -0.39 is 18.1 Å². The fourth-order valence-corrected chi connectivity index (χ4v) is 5.70. The number of aliphatic hydroxyl groups excluding tert-OH is 1. The van der Waals surface area contributed by atoms with Crippen molar-refractivity contribution in [3.8, 4) is 11.1 Å². The number of hydrogen-bond acceptors (Lipinski definition) is 5. The van der Waals surface area contributed by atoms with E-state index in [2.05, 4.69) is 16.0 Å². The minimum Gasteiger partial charge on any atom is -0.390 e. The molecule has 4 N–H and O–H groups in total. The van der Waals surface area contributed by atoms with E-state index in [4.69, 9.17) is 0 Å². The largest absolute Gasteiger partial charge is 0.390 e. The Labute approximate surface area is 282 Å².